The van der Waals surface area contributed by atoms with Crippen LogP contribution in [0.15, 0.2) is 12.4 Å². The van der Waals surface area contributed by atoms with E-state index in [9.17, 15) is 5.11 Å². The van der Waals surface area contributed by atoms with Gasteiger partial charge < -0.3 is 15.2 Å². The number of nitrogens with one attached hydrogen (secondary N) is 1. The Balaban J connectivity index is 2.49. The van der Waals surface area contributed by atoms with Crippen molar-refractivity contribution < 1.29 is 9.84 Å². The summed E-state index contributed by atoms with van der Waals surface area (Å²) in [5.41, 5.74) is 0.958. The number of hydrogen-bond acceptors (Lipinski definition) is 4. The molecule has 0 aromatic carbocycles. The smallest absolute Gasteiger partial charge is 0.0726 e. The van der Waals surface area contributed by atoms with E-state index in [4.69, 9.17) is 4.74 Å². The topological polar surface area (TPSA) is 59.3 Å². The number of aromatic nitrogens is 2. The van der Waals surface area contributed by atoms with E-state index in [0.717, 1.165) is 31.6 Å². The predicted octanol–water partition coefficient (Wildman–Crippen LogP) is 1.74. The minimum atomic E-state index is -0.0331. The molecule has 2 N–H and O–H groups in total. The molecule has 0 spiro atoms. The Labute approximate surface area is 109 Å². The Morgan fingerprint density at radius 3 is 2.72 bits per heavy atom. The van der Waals surface area contributed by atoms with Crippen molar-refractivity contribution >= 4 is 5.69 Å². The number of anilines is 1. The molecular weight excluding hydrogens is 230 g/mol. The number of hydrogen-bond donors (Lipinski definition) is 2. The summed E-state index contributed by atoms with van der Waals surface area (Å²) >= 11 is 0. The van der Waals surface area contributed by atoms with Gasteiger partial charge in [0.1, 0.15) is 0 Å². The van der Waals surface area contributed by atoms with Gasteiger partial charge in [-0.1, -0.05) is 13.8 Å². The Morgan fingerprint density at radius 1 is 1.44 bits per heavy atom. The number of rotatable bonds is 9. The van der Waals surface area contributed by atoms with Crippen LogP contribution < -0.4 is 5.32 Å². The first-order valence-electron chi connectivity index (χ1n) is 6.56. The molecule has 0 aliphatic heterocycles. The summed E-state index contributed by atoms with van der Waals surface area (Å²) in [5.74, 6) is 0. The van der Waals surface area contributed by atoms with Crippen LogP contribution in [0.3, 0.4) is 0 Å². The first kappa shape index (κ1) is 15.0. The fourth-order valence-corrected chi connectivity index (χ4v) is 1.83. The zero-order valence-electron chi connectivity index (χ0n) is 11.6. The number of methoxy groups -OCH3 is 1. The molecule has 1 rings (SSSR count). The van der Waals surface area contributed by atoms with Crippen LogP contribution in [0.5, 0.6) is 0 Å². The molecule has 0 saturated heterocycles. The van der Waals surface area contributed by atoms with Crippen LogP contribution in [0, 0.1) is 5.41 Å². The van der Waals surface area contributed by atoms with E-state index in [1.807, 2.05) is 17.1 Å². The van der Waals surface area contributed by atoms with Gasteiger partial charge in [0.25, 0.3) is 0 Å². The lowest BCUT2D eigenvalue weighted by atomic mass is 9.83. The summed E-state index contributed by atoms with van der Waals surface area (Å²) in [5, 5.41) is 17.1. The third kappa shape index (κ3) is 3.99. The van der Waals surface area contributed by atoms with Crippen molar-refractivity contribution in [2.45, 2.75) is 33.2 Å². The summed E-state index contributed by atoms with van der Waals surface area (Å²) in [6.07, 6.45) is 5.70. The van der Waals surface area contributed by atoms with Gasteiger partial charge in [0.2, 0.25) is 0 Å². The van der Waals surface area contributed by atoms with E-state index in [1.54, 1.807) is 7.11 Å². The summed E-state index contributed by atoms with van der Waals surface area (Å²) in [4.78, 5) is 0. The van der Waals surface area contributed by atoms with Crippen molar-refractivity contribution in [3.8, 4) is 0 Å². The molecule has 0 aliphatic carbocycles. The lowest BCUT2D eigenvalue weighted by Crippen LogP contribution is -2.32. The Kier molecular flexibility index (Phi) is 6.15. The third-order valence-electron chi connectivity index (χ3n) is 3.66. The SMILES string of the molecule is CCC(CC)(CO)CNc1cnn(CCOC)c1. The molecule has 0 unspecified atom stereocenters. The largest absolute Gasteiger partial charge is 0.396 e. The van der Waals surface area contributed by atoms with Gasteiger partial charge in [-0.15, -0.1) is 0 Å². The van der Waals surface area contributed by atoms with E-state index < -0.39 is 0 Å². The van der Waals surface area contributed by atoms with Crippen LogP contribution in [-0.2, 0) is 11.3 Å². The lowest BCUT2D eigenvalue weighted by molar-refractivity contribution is 0.127. The minimum Gasteiger partial charge on any atom is -0.396 e. The molecule has 0 bridgehead atoms. The van der Waals surface area contributed by atoms with Gasteiger partial charge in [0.15, 0.2) is 0 Å². The second-order valence-electron chi connectivity index (χ2n) is 4.70. The highest BCUT2D eigenvalue weighted by Crippen LogP contribution is 2.25. The van der Waals surface area contributed by atoms with Crippen molar-refractivity contribution in [1.82, 2.24) is 9.78 Å². The number of aliphatic hydroxyl groups is 1. The van der Waals surface area contributed by atoms with Crippen molar-refractivity contribution in [3.05, 3.63) is 12.4 Å². The number of nitrogens with zero attached hydrogens (tertiary/aromatic N) is 2. The normalized spacial score (nSPS) is 11.8. The van der Waals surface area contributed by atoms with Crippen LogP contribution in [0.25, 0.3) is 0 Å². The molecule has 0 fully saturated rings. The van der Waals surface area contributed by atoms with Gasteiger partial charge in [0.05, 0.1) is 31.6 Å². The summed E-state index contributed by atoms with van der Waals surface area (Å²) < 4.78 is 6.86. The van der Waals surface area contributed by atoms with Crippen molar-refractivity contribution in [1.29, 1.82) is 0 Å². The molecule has 5 nitrogen and oxygen atoms in total. The zero-order chi connectivity index (χ0) is 13.4. The highest BCUT2D eigenvalue weighted by Gasteiger charge is 2.24. The molecule has 1 aromatic heterocycles. The summed E-state index contributed by atoms with van der Waals surface area (Å²) in [7, 11) is 1.68. The molecule has 18 heavy (non-hydrogen) atoms. The molecule has 1 aromatic rings. The van der Waals surface area contributed by atoms with Gasteiger partial charge in [0, 0.05) is 25.3 Å². The molecule has 104 valence electrons. The van der Waals surface area contributed by atoms with Crippen LogP contribution in [0.4, 0.5) is 5.69 Å². The fraction of sp³-hybridized carbons (Fsp3) is 0.769. The van der Waals surface area contributed by atoms with Gasteiger partial charge in [-0.2, -0.15) is 5.10 Å². The first-order chi connectivity index (χ1) is 8.69. The average molecular weight is 255 g/mol. The van der Waals surface area contributed by atoms with E-state index in [-0.39, 0.29) is 12.0 Å². The molecule has 0 aliphatic rings. The Bertz CT molecular complexity index is 326. The number of aliphatic hydroxyl groups excluding tert-OH is 1. The zero-order valence-corrected chi connectivity index (χ0v) is 11.6. The Morgan fingerprint density at radius 2 is 2.17 bits per heavy atom. The Hall–Kier alpha value is -1.07. The van der Waals surface area contributed by atoms with Crippen molar-refractivity contribution in [3.63, 3.8) is 0 Å². The van der Waals surface area contributed by atoms with Gasteiger partial charge in [-0.05, 0) is 12.8 Å². The predicted molar refractivity (Wildman–Crippen MR) is 72.7 cm³/mol. The van der Waals surface area contributed by atoms with Crippen molar-refractivity contribution in [2.24, 2.45) is 5.41 Å². The maximum Gasteiger partial charge on any atom is 0.0726 e. The maximum absolute atomic E-state index is 9.50. The van der Waals surface area contributed by atoms with E-state index >= 15 is 0 Å². The molecule has 0 atom stereocenters. The number of ether oxygens (including phenoxy) is 1. The lowest BCUT2D eigenvalue weighted by Gasteiger charge is -2.29. The minimum absolute atomic E-state index is 0.0331. The van der Waals surface area contributed by atoms with Crippen LogP contribution >= 0.6 is 0 Å². The monoisotopic (exact) mass is 255 g/mol. The fourth-order valence-electron chi connectivity index (χ4n) is 1.83. The third-order valence-corrected chi connectivity index (χ3v) is 3.66. The van der Waals surface area contributed by atoms with Crippen LogP contribution in [0.2, 0.25) is 0 Å². The second kappa shape index (κ2) is 7.38. The molecule has 1 heterocycles. The highest BCUT2D eigenvalue weighted by molar-refractivity contribution is 5.38. The molecule has 0 amide bonds. The van der Waals surface area contributed by atoms with Gasteiger partial charge in [-0.3, -0.25) is 4.68 Å². The quantitative estimate of drug-likeness (QED) is 0.705. The molecule has 0 radical (unpaired) electrons. The average Bonchev–Trinajstić information content (AvgIpc) is 2.87. The molecule has 0 saturated carbocycles. The standard InChI is InChI=1S/C13H25N3O2/c1-4-13(5-2,11-17)10-14-12-8-15-16(9-12)6-7-18-3/h8-9,14,17H,4-7,10-11H2,1-3H3. The molecule has 5 heteroatoms. The highest BCUT2D eigenvalue weighted by atomic mass is 16.5. The second-order valence-corrected chi connectivity index (χ2v) is 4.70. The van der Waals surface area contributed by atoms with Gasteiger partial charge in [-0.25, -0.2) is 0 Å². The van der Waals surface area contributed by atoms with Crippen LogP contribution in [-0.4, -0.2) is 41.8 Å². The van der Waals surface area contributed by atoms with E-state index in [2.05, 4.69) is 24.3 Å². The van der Waals surface area contributed by atoms with Gasteiger partial charge >= 0.3 is 0 Å². The van der Waals surface area contributed by atoms with Crippen molar-refractivity contribution in [2.75, 3.05) is 32.2 Å². The first-order valence-corrected chi connectivity index (χ1v) is 6.56. The summed E-state index contributed by atoms with van der Waals surface area (Å²) in [6, 6.07) is 0. The maximum atomic E-state index is 9.50. The van der Waals surface area contributed by atoms with E-state index in [1.165, 1.54) is 0 Å². The summed E-state index contributed by atoms with van der Waals surface area (Å²) in [6.45, 7) is 6.63. The molecular formula is C13H25N3O2. The van der Waals surface area contributed by atoms with Crippen LogP contribution in [0.1, 0.15) is 26.7 Å². The van der Waals surface area contributed by atoms with E-state index in [0.29, 0.717) is 6.61 Å².